The molecule has 88 valence electrons. The minimum Gasteiger partial charge on any atom is -0.327 e. The van der Waals surface area contributed by atoms with E-state index in [1.165, 1.54) is 5.56 Å². The van der Waals surface area contributed by atoms with Gasteiger partial charge in [-0.2, -0.15) is 5.10 Å². The second kappa shape index (κ2) is 5.73. The number of rotatable bonds is 3. The van der Waals surface area contributed by atoms with Gasteiger partial charge < -0.3 is 5.73 Å². The molecule has 1 aromatic rings. The summed E-state index contributed by atoms with van der Waals surface area (Å²) in [6, 6.07) is 0.386. The zero-order valence-corrected chi connectivity index (χ0v) is 10.7. The molecule has 0 aromatic carbocycles. The molecule has 3 nitrogen and oxygen atoms in total. The third-order valence-corrected chi connectivity index (χ3v) is 2.47. The Kier molecular flexibility index (Phi) is 5.63. The largest absolute Gasteiger partial charge is 0.327 e. The Hall–Kier alpha value is -0.250. The van der Waals surface area contributed by atoms with Gasteiger partial charge in [-0.15, -0.1) is 24.8 Å². The highest BCUT2D eigenvalue weighted by Gasteiger charge is 2.35. The second-order valence-corrected chi connectivity index (χ2v) is 4.40. The lowest BCUT2D eigenvalue weighted by Gasteiger charge is -2.03. The molecule has 0 spiro atoms. The lowest BCUT2D eigenvalue weighted by molar-refractivity contribution is 0.483. The van der Waals surface area contributed by atoms with Crippen LogP contribution in [0.3, 0.4) is 0 Å². The number of halogens is 2. The molecule has 5 heteroatoms. The molecule has 1 saturated carbocycles. The third kappa shape index (κ3) is 3.67. The monoisotopic (exact) mass is 251 g/mol. The SMILES string of the molecule is CC(C)Cn1cc(C2CC2N)cn1.Cl.Cl. The van der Waals surface area contributed by atoms with Crippen molar-refractivity contribution in [2.75, 3.05) is 0 Å². The van der Waals surface area contributed by atoms with Gasteiger partial charge in [-0.3, -0.25) is 4.68 Å². The van der Waals surface area contributed by atoms with Crippen LogP contribution in [0.2, 0.25) is 0 Å². The van der Waals surface area contributed by atoms with Crippen molar-refractivity contribution in [3.8, 4) is 0 Å². The topological polar surface area (TPSA) is 43.8 Å². The average Bonchev–Trinajstić information content (AvgIpc) is 2.60. The maximum absolute atomic E-state index is 5.77. The van der Waals surface area contributed by atoms with Crippen molar-refractivity contribution in [1.82, 2.24) is 9.78 Å². The molecule has 1 aliphatic rings. The summed E-state index contributed by atoms with van der Waals surface area (Å²) < 4.78 is 2.02. The van der Waals surface area contributed by atoms with Gasteiger partial charge in [0, 0.05) is 24.7 Å². The van der Waals surface area contributed by atoms with Gasteiger partial charge in [0.05, 0.1) is 6.20 Å². The van der Waals surface area contributed by atoms with Gasteiger partial charge in [-0.1, -0.05) is 13.8 Å². The smallest absolute Gasteiger partial charge is 0.0525 e. The fourth-order valence-electron chi connectivity index (χ4n) is 1.64. The Morgan fingerprint density at radius 2 is 2.13 bits per heavy atom. The van der Waals surface area contributed by atoms with Gasteiger partial charge in [0.2, 0.25) is 0 Å². The van der Waals surface area contributed by atoms with Crippen molar-refractivity contribution in [3.05, 3.63) is 18.0 Å². The van der Waals surface area contributed by atoms with E-state index in [-0.39, 0.29) is 24.8 Å². The Balaban J connectivity index is 0.000000980. The molecule has 2 rings (SSSR count). The maximum atomic E-state index is 5.77. The average molecular weight is 252 g/mol. The quantitative estimate of drug-likeness (QED) is 0.896. The molecule has 0 bridgehead atoms. The predicted octanol–water partition coefficient (Wildman–Crippen LogP) is 2.20. The normalized spacial score (nSPS) is 23.2. The van der Waals surface area contributed by atoms with Crippen LogP contribution < -0.4 is 5.73 Å². The number of hydrogen-bond acceptors (Lipinski definition) is 2. The van der Waals surface area contributed by atoms with Crippen molar-refractivity contribution in [2.24, 2.45) is 11.7 Å². The summed E-state index contributed by atoms with van der Waals surface area (Å²) in [6.45, 7) is 5.40. The fourth-order valence-corrected chi connectivity index (χ4v) is 1.64. The molecule has 1 heterocycles. The van der Waals surface area contributed by atoms with Crippen LogP contribution in [0.5, 0.6) is 0 Å². The third-order valence-electron chi connectivity index (χ3n) is 2.47. The van der Waals surface area contributed by atoms with Crippen molar-refractivity contribution < 1.29 is 0 Å². The lowest BCUT2D eigenvalue weighted by Crippen LogP contribution is -2.04. The van der Waals surface area contributed by atoms with Crippen LogP contribution in [0.1, 0.15) is 31.7 Å². The second-order valence-electron chi connectivity index (χ2n) is 4.40. The van der Waals surface area contributed by atoms with Crippen LogP contribution in [0.4, 0.5) is 0 Å². The molecule has 0 amide bonds. The predicted molar refractivity (Wildman–Crippen MR) is 66.9 cm³/mol. The highest BCUT2D eigenvalue weighted by molar-refractivity contribution is 5.85. The summed E-state index contributed by atoms with van der Waals surface area (Å²) >= 11 is 0. The summed E-state index contributed by atoms with van der Waals surface area (Å²) in [5.41, 5.74) is 7.09. The molecule has 2 N–H and O–H groups in total. The first-order valence-corrected chi connectivity index (χ1v) is 4.94. The maximum Gasteiger partial charge on any atom is 0.0525 e. The van der Waals surface area contributed by atoms with E-state index in [0.717, 1.165) is 13.0 Å². The van der Waals surface area contributed by atoms with Crippen LogP contribution in [-0.2, 0) is 6.54 Å². The summed E-state index contributed by atoms with van der Waals surface area (Å²) in [5.74, 6) is 1.24. The summed E-state index contributed by atoms with van der Waals surface area (Å²) in [4.78, 5) is 0. The fraction of sp³-hybridized carbons (Fsp3) is 0.700. The highest BCUT2D eigenvalue weighted by Crippen LogP contribution is 2.38. The van der Waals surface area contributed by atoms with Gasteiger partial charge in [0.25, 0.3) is 0 Å². The van der Waals surface area contributed by atoms with Crippen molar-refractivity contribution in [1.29, 1.82) is 0 Å². The van der Waals surface area contributed by atoms with Crippen LogP contribution in [0.15, 0.2) is 12.4 Å². The van der Waals surface area contributed by atoms with E-state index in [1.807, 2.05) is 10.9 Å². The van der Waals surface area contributed by atoms with E-state index in [4.69, 9.17) is 5.73 Å². The van der Waals surface area contributed by atoms with E-state index < -0.39 is 0 Å². The van der Waals surface area contributed by atoms with Gasteiger partial charge in [-0.05, 0) is 17.9 Å². The molecule has 1 aromatic heterocycles. The standard InChI is InChI=1S/C10H17N3.2ClH/c1-7(2)5-13-6-8(4-12-13)9-3-10(9)11;;/h4,6-7,9-10H,3,5,11H2,1-2H3;2*1H. The molecule has 1 fully saturated rings. The zero-order valence-electron chi connectivity index (χ0n) is 9.09. The van der Waals surface area contributed by atoms with E-state index in [2.05, 4.69) is 25.1 Å². The number of hydrogen-bond donors (Lipinski definition) is 1. The van der Waals surface area contributed by atoms with Crippen molar-refractivity contribution >= 4 is 24.8 Å². The van der Waals surface area contributed by atoms with E-state index in [0.29, 0.717) is 17.9 Å². The molecule has 0 saturated heterocycles. The number of nitrogens with zero attached hydrogens (tertiary/aromatic N) is 2. The zero-order chi connectivity index (χ0) is 9.42. The van der Waals surface area contributed by atoms with Gasteiger partial charge in [0.1, 0.15) is 0 Å². The molecule has 0 radical (unpaired) electrons. The minimum atomic E-state index is 0. The van der Waals surface area contributed by atoms with Crippen LogP contribution in [0.25, 0.3) is 0 Å². The number of aromatic nitrogens is 2. The van der Waals surface area contributed by atoms with Crippen LogP contribution >= 0.6 is 24.8 Å². The Bertz CT molecular complexity index is 299. The molecule has 15 heavy (non-hydrogen) atoms. The summed E-state index contributed by atoms with van der Waals surface area (Å²) in [5, 5.41) is 4.31. The van der Waals surface area contributed by atoms with E-state index in [1.54, 1.807) is 0 Å². The molecule has 0 aliphatic heterocycles. The van der Waals surface area contributed by atoms with Crippen molar-refractivity contribution in [2.45, 2.75) is 38.8 Å². The molecular formula is C10H19Cl2N3. The van der Waals surface area contributed by atoms with Gasteiger partial charge in [0.15, 0.2) is 0 Å². The minimum absolute atomic E-state index is 0. The van der Waals surface area contributed by atoms with Gasteiger partial charge in [-0.25, -0.2) is 0 Å². The first-order valence-electron chi connectivity index (χ1n) is 4.94. The summed E-state index contributed by atoms with van der Waals surface area (Å²) in [6.07, 6.45) is 5.23. The Morgan fingerprint density at radius 3 is 2.60 bits per heavy atom. The van der Waals surface area contributed by atoms with Crippen LogP contribution in [0, 0.1) is 5.92 Å². The highest BCUT2D eigenvalue weighted by atomic mass is 35.5. The number of nitrogens with two attached hydrogens (primary N) is 1. The van der Waals surface area contributed by atoms with E-state index >= 15 is 0 Å². The summed E-state index contributed by atoms with van der Waals surface area (Å²) in [7, 11) is 0. The molecule has 1 aliphatic carbocycles. The molecule has 2 unspecified atom stereocenters. The lowest BCUT2D eigenvalue weighted by atomic mass is 10.2. The first kappa shape index (κ1) is 14.8. The van der Waals surface area contributed by atoms with Gasteiger partial charge >= 0.3 is 0 Å². The van der Waals surface area contributed by atoms with Crippen LogP contribution in [-0.4, -0.2) is 15.8 Å². The van der Waals surface area contributed by atoms with Crippen molar-refractivity contribution in [3.63, 3.8) is 0 Å². The Morgan fingerprint density at radius 1 is 1.53 bits per heavy atom. The Labute approximate surface area is 103 Å². The molecular weight excluding hydrogens is 233 g/mol. The van der Waals surface area contributed by atoms with E-state index in [9.17, 15) is 0 Å². The molecule has 2 atom stereocenters. The first-order chi connectivity index (χ1) is 6.16.